The van der Waals surface area contributed by atoms with Crippen LogP contribution in [0.25, 0.3) is 0 Å². The van der Waals surface area contributed by atoms with E-state index in [2.05, 4.69) is 10.2 Å². The quantitative estimate of drug-likeness (QED) is 0.874. The van der Waals surface area contributed by atoms with Gasteiger partial charge in [-0.2, -0.15) is 0 Å². The molecule has 0 radical (unpaired) electrons. The van der Waals surface area contributed by atoms with Gasteiger partial charge in [0, 0.05) is 13.1 Å². The number of benzene rings is 2. The molecule has 1 saturated heterocycles. The number of hydrogen-bond acceptors (Lipinski definition) is 4. The summed E-state index contributed by atoms with van der Waals surface area (Å²) < 4.78 is 5.37. The highest BCUT2D eigenvalue weighted by atomic mass is 16.5. The topological polar surface area (TPSA) is 78.9 Å². The monoisotopic (exact) mass is 340 g/mol. The van der Waals surface area contributed by atoms with Crippen LogP contribution in [0.5, 0.6) is 0 Å². The zero-order valence-electron chi connectivity index (χ0n) is 13.8. The first-order valence-electron chi connectivity index (χ1n) is 8.18. The highest BCUT2D eigenvalue weighted by Gasteiger charge is 2.17. The van der Waals surface area contributed by atoms with Crippen LogP contribution in [0.3, 0.4) is 0 Å². The van der Waals surface area contributed by atoms with Crippen molar-refractivity contribution < 1.29 is 19.4 Å². The van der Waals surface area contributed by atoms with Gasteiger partial charge >= 0.3 is 5.97 Å². The molecule has 1 aliphatic rings. The number of aromatic carboxylic acids is 1. The Hall–Kier alpha value is -2.86. The highest BCUT2D eigenvalue weighted by molar-refractivity contribution is 5.98. The second-order valence-corrected chi connectivity index (χ2v) is 5.80. The molecule has 1 heterocycles. The molecule has 2 aromatic rings. The normalized spacial score (nSPS) is 14.2. The van der Waals surface area contributed by atoms with Gasteiger partial charge < -0.3 is 20.1 Å². The Bertz CT molecular complexity index is 770. The number of para-hydroxylation sites is 2. The van der Waals surface area contributed by atoms with Crippen LogP contribution in [0.4, 0.5) is 11.4 Å². The molecule has 1 amide bonds. The van der Waals surface area contributed by atoms with E-state index in [-0.39, 0.29) is 17.9 Å². The van der Waals surface area contributed by atoms with Crippen LogP contribution in [0, 0.1) is 0 Å². The number of morpholine rings is 1. The van der Waals surface area contributed by atoms with E-state index in [4.69, 9.17) is 4.74 Å². The maximum Gasteiger partial charge on any atom is 0.335 e. The lowest BCUT2D eigenvalue weighted by Gasteiger charge is -2.30. The number of nitrogens with one attached hydrogen (secondary N) is 1. The number of carbonyl (C=O) groups excluding carboxylic acids is 1. The van der Waals surface area contributed by atoms with Crippen molar-refractivity contribution in [3.63, 3.8) is 0 Å². The Morgan fingerprint density at radius 1 is 1.04 bits per heavy atom. The Kier molecular flexibility index (Phi) is 5.30. The number of nitrogens with zero attached hydrogens (tertiary/aromatic N) is 1. The summed E-state index contributed by atoms with van der Waals surface area (Å²) in [7, 11) is 0. The van der Waals surface area contributed by atoms with E-state index in [0.29, 0.717) is 18.8 Å². The first-order chi connectivity index (χ1) is 12.1. The molecule has 0 bridgehead atoms. The molecular formula is C19H20N2O4. The number of anilines is 2. The maximum atomic E-state index is 12.4. The Morgan fingerprint density at radius 3 is 2.48 bits per heavy atom. The van der Waals surface area contributed by atoms with E-state index in [1.165, 1.54) is 6.07 Å². The van der Waals surface area contributed by atoms with Gasteiger partial charge in [0.05, 0.1) is 36.6 Å². The molecule has 0 aromatic heterocycles. The predicted molar refractivity (Wildman–Crippen MR) is 95.2 cm³/mol. The van der Waals surface area contributed by atoms with E-state index >= 15 is 0 Å². The molecule has 0 spiro atoms. The third kappa shape index (κ3) is 4.16. The van der Waals surface area contributed by atoms with Gasteiger partial charge in [0.25, 0.3) is 0 Å². The molecule has 6 nitrogen and oxygen atoms in total. The molecule has 130 valence electrons. The van der Waals surface area contributed by atoms with Crippen LogP contribution < -0.4 is 10.2 Å². The average molecular weight is 340 g/mol. The Labute approximate surface area is 146 Å². The van der Waals surface area contributed by atoms with Gasteiger partial charge in [-0.15, -0.1) is 0 Å². The smallest absolute Gasteiger partial charge is 0.335 e. The molecule has 0 unspecified atom stereocenters. The Balaban J connectivity index is 1.75. The van der Waals surface area contributed by atoms with Crippen molar-refractivity contribution in [1.29, 1.82) is 0 Å². The minimum absolute atomic E-state index is 0.0138. The second-order valence-electron chi connectivity index (χ2n) is 5.80. The second kappa shape index (κ2) is 7.81. The van der Waals surface area contributed by atoms with Crippen molar-refractivity contribution in [3.05, 3.63) is 59.7 Å². The summed E-state index contributed by atoms with van der Waals surface area (Å²) in [5, 5.41) is 12.1. The third-order valence-corrected chi connectivity index (χ3v) is 4.13. The largest absolute Gasteiger partial charge is 0.478 e. The lowest BCUT2D eigenvalue weighted by atomic mass is 10.0. The minimum Gasteiger partial charge on any atom is -0.478 e. The van der Waals surface area contributed by atoms with Crippen LogP contribution >= 0.6 is 0 Å². The first-order valence-corrected chi connectivity index (χ1v) is 8.18. The summed E-state index contributed by atoms with van der Waals surface area (Å²) in [4.78, 5) is 25.9. The van der Waals surface area contributed by atoms with Crippen molar-refractivity contribution in [2.45, 2.75) is 6.42 Å². The van der Waals surface area contributed by atoms with Crippen LogP contribution in [-0.4, -0.2) is 43.3 Å². The van der Waals surface area contributed by atoms with Gasteiger partial charge in [-0.25, -0.2) is 4.79 Å². The number of amides is 1. The summed E-state index contributed by atoms with van der Waals surface area (Å²) in [5.41, 5.74) is 2.32. The van der Waals surface area contributed by atoms with Gasteiger partial charge in [-0.05, 0) is 23.8 Å². The molecular weight excluding hydrogens is 320 g/mol. The molecule has 0 atom stereocenters. The molecule has 25 heavy (non-hydrogen) atoms. The molecule has 1 aliphatic heterocycles. The molecule has 2 aromatic carbocycles. The van der Waals surface area contributed by atoms with Crippen LogP contribution in [0.2, 0.25) is 0 Å². The minimum atomic E-state index is -1.03. The number of carboxylic acids is 1. The van der Waals surface area contributed by atoms with E-state index in [0.717, 1.165) is 24.5 Å². The van der Waals surface area contributed by atoms with Crippen molar-refractivity contribution in [1.82, 2.24) is 0 Å². The highest BCUT2D eigenvalue weighted by Crippen LogP contribution is 2.26. The van der Waals surface area contributed by atoms with Gasteiger partial charge in [-0.1, -0.05) is 30.3 Å². The molecule has 0 aliphatic carbocycles. The fraction of sp³-hybridized carbons (Fsp3) is 0.263. The number of hydrogen-bond donors (Lipinski definition) is 2. The first kappa shape index (κ1) is 17.0. The van der Waals surface area contributed by atoms with Crippen molar-refractivity contribution in [3.8, 4) is 0 Å². The SMILES string of the molecule is O=C(Cc1ccccc1C(=O)O)Nc1ccccc1N1CCOCC1. The lowest BCUT2D eigenvalue weighted by Crippen LogP contribution is -2.36. The van der Waals surface area contributed by atoms with Crippen LogP contribution in [0.15, 0.2) is 48.5 Å². The van der Waals surface area contributed by atoms with Crippen molar-refractivity contribution in [2.75, 3.05) is 36.5 Å². The lowest BCUT2D eigenvalue weighted by molar-refractivity contribution is -0.115. The van der Waals surface area contributed by atoms with Crippen molar-refractivity contribution >= 4 is 23.3 Å². The van der Waals surface area contributed by atoms with Gasteiger partial charge in [0.2, 0.25) is 5.91 Å². The Morgan fingerprint density at radius 2 is 1.72 bits per heavy atom. The molecule has 3 rings (SSSR count). The average Bonchev–Trinajstić information content (AvgIpc) is 2.63. The van der Waals surface area contributed by atoms with Gasteiger partial charge in [-0.3, -0.25) is 4.79 Å². The number of rotatable bonds is 5. The maximum absolute atomic E-state index is 12.4. The molecule has 6 heteroatoms. The number of ether oxygens (including phenoxy) is 1. The predicted octanol–water partition coefficient (Wildman–Crippen LogP) is 2.40. The van der Waals surface area contributed by atoms with E-state index in [9.17, 15) is 14.7 Å². The zero-order valence-corrected chi connectivity index (χ0v) is 13.8. The molecule has 1 fully saturated rings. The molecule has 2 N–H and O–H groups in total. The number of carbonyl (C=O) groups is 2. The summed E-state index contributed by atoms with van der Waals surface area (Å²) >= 11 is 0. The third-order valence-electron chi connectivity index (χ3n) is 4.13. The fourth-order valence-corrected chi connectivity index (χ4v) is 2.91. The van der Waals surface area contributed by atoms with E-state index in [1.54, 1.807) is 18.2 Å². The summed E-state index contributed by atoms with van der Waals surface area (Å²) in [5.74, 6) is -1.27. The summed E-state index contributed by atoms with van der Waals surface area (Å²) in [6, 6.07) is 14.2. The number of carboxylic acid groups (broad SMARTS) is 1. The van der Waals surface area contributed by atoms with Gasteiger partial charge in [0.1, 0.15) is 0 Å². The standard InChI is InChI=1S/C19H20N2O4/c22-18(13-14-5-1-2-6-15(14)19(23)24)20-16-7-3-4-8-17(16)21-9-11-25-12-10-21/h1-8H,9-13H2,(H,20,22)(H,23,24). The summed E-state index contributed by atoms with van der Waals surface area (Å²) in [6.07, 6.45) is 0.0138. The van der Waals surface area contributed by atoms with Crippen LogP contribution in [-0.2, 0) is 16.0 Å². The summed E-state index contributed by atoms with van der Waals surface area (Å²) in [6.45, 7) is 2.87. The van der Waals surface area contributed by atoms with Gasteiger partial charge in [0.15, 0.2) is 0 Å². The van der Waals surface area contributed by atoms with E-state index in [1.807, 2.05) is 24.3 Å². The van der Waals surface area contributed by atoms with Crippen molar-refractivity contribution in [2.24, 2.45) is 0 Å². The van der Waals surface area contributed by atoms with E-state index < -0.39 is 5.97 Å². The molecule has 0 saturated carbocycles. The van der Waals surface area contributed by atoms with Crippen LogP contribution in [0.1, 0.15) is 15.9 Å². The zero-order chi connectivity index (χ0) is 17.6. The fourth-order valence-electron chi connectivity index (χ4n) is 2.91.